The normalized spacial score (nSPS) is 9.95. The van der Waals surface area contributed by atoms with Gasteiger partial charge >= 0.3 is 6.03 Å². The summed E-state index contributed by atoms with van der Waals surface area (Å²) in [4.78, 5) is 12.0. The van der Waals surface area contributed by atoms with Crippen molar-refractivity contribution in [3.05, 3.63) is 51.1 Å². The van der Waals surface area contributed by atoms with E-state index in [0.29, 0.717) is 22.1 Å². The molecule has 0 aliphatic carbocycles. The van der Waals surface area contributed by atoms with Crippen LogP contribution in [0.5, 0.6) is 5.75 Å². The second-order valence-electron chi connectivity index (χ2n) is 3.90. The van der Waals surface area contributed by atoms with E-state index in [9.17, 15) is 4.79 Å². The molecular weight excluding hydrogens is 391 g/mol. The van der Waals surface area contributed by atoms with Gasteiger partial charge in [-0.1, -0.05) is 23.7 Å². The third-order valence-corrected chi connectivity index (χ3v) is 3.66. The number of para-hydroxylation sites is 2. The number of amides is 2. The number of carbonyl (C=O) groups is 1. The smallest absolute Gasteiger partial charge is 0.323 e. The number of rotatable bonds is 3. The van der Waals surface area contributed by atoms with Gasteiger partial charge in [0.1, 0.15) is 5.75 Å². The number of carbonyl (C=O) groups excluding carboxylic acids is 1. The highest BCUT2D eigenvalue weighted by molar-refractivity contribution is 14.1. The molecule has 6 heteroatoms. The van der Waals surface area contributed by atoms with Gasteiger partial charge in [0.05, 0.1) is 18.5 Å². The molecule has 0 spiro atoms. The van der Waals surface area contributed by atoms with Crippen molar-refractivity contribution < 1.29 is 9.53 Å². The summed E-state index contributed by atoms with van der Waals surface area (Å²) in [6.45, 7) is 0. The molecule has 0 aliphatic rings. The van der Waals surface area contributed by atoms with E-state index in [2.05, 4.69) is 33.2 Å². The number of benzene rings is 2. The van der Waals surface area contributed by atoms with E-state index in [0.717, 1.165) is 3.57 Å². The Hall–Kier alpha value is -1.47. The van der Waals surface area contributed by atoms with Crippen LogP contribution in [0, 0.1) is 3.57 Å². The molecule has 0 saturated carbocycles. The second-order valence-corrected chi connectivity index (χ2v) is 5.50. The second kappa shape index (κ2) is 6.81. The number of halogens is 2. The van der Waals surface area contributed by atoms with Crippen molar-refractivity contribution in [1.82, 2.24) is 0 Å². The van der Waals surface area contributed by atoms with Crippen molar-refractivity contribution in [3.63, 3.8) is 0 Å². The van der Waals surface area contributed by atoms with E-state index in [1.807, 2.05) is 12.1 Å². The van der Waals surface area contributed by atoms with Crippen LogP contribution in [0.3, 0.4) is 0 Å². The van der Waals surface area contributed by atoms with Crippen LogP contribution in [-0.2, 0) is 0 Å². The average molecular weight is 403 g/mol. The van der Waals surface area contributed by atoms with Crippen molar-refractivity contribution in [2.45, 2.75) is 0 Å². The Morgan fingerprint density at radius 1 is 1.15 bits per heavy atom. The summed E-state index contributed by atoms with van der Waals surface area (Å²) < 4.78 is 6.04. The predicted octanol–water partition coefficient (Wildman–Crippen LogP) is 4.60. The molecule has 2 amide bonds. The largest absolute Gasteiger partial charge is 0.495 e. The molecule has 0 saturated heterocycles. The minimum Gasteiger partial charge on any atom is -0.495 e. The van der Waals surface area contributed by atoms with Crippen LogP contribution in [0.2, 0.25) is 5.02 Å². The number of nitrogens with one attached hydrogen (secondary N) is 2. The Morgan fingerprint density at radius 2 is 1.85 bits per heavy atom. The zero-order valence-corrected chi connectivity index (χ0v) is 13.5. The Bertz CT molecular complexity index is 634. The van der Waals surface area contributed by atoms with Gasteiger partial charge < -0.3 is 15.4 Å². The summed E-state index contributed by atoms with van der Waals surface area (Å²) in [6.07, 6.45) is 0. The molecule has 0 aliphatic heterocycles. The Balaban J connectivity index is 2.09. The van der Waals surface area contributed by atoms with E-state index in [1.54, 1.807) is 37.4 Å². The lowest BCUT2D eigenvalue weighted by Crippen LogP contribution is -2.20. The molecule has 2 N–H and O–H groups in total. The molecule has 4 nitrogen and oxygen atoms in total. The lowest BCUT2D eigenvalue weighted by Gasteiger charge is -2.11. The van der Waals surface area contributed by atoms with Gasteiger partial charge in [0.15, 0.2) is 0 Å². The molecule has 2 aromatic rings. The van der Waals surface area contributed by atoms with E-state index in [1.165, 1.54) is 0 Å². The molecule has 0 unspecified atom stereocenters. The molecule has 0 fully saturated rings. The molecule has 0 heterocycles. The molecule has 0 bridgehead atoms. The van der Waals surface area contributed by atoms with Gasteiger partial charge in [0, 0.05) is 8.59 Å². The molecule has 2 aromatic carbocycles. The van der Waals surface area contributed by atoms with Crippen LogP contribution in [0.25, 0.3) is 0 Å². The lowest BCUT2D eigenvalue weighted by molar-refractivity contribution is 0.262. The molecular formula is C14H12ClIN2O2. The van der Waals surface area contributed by atoms with Gasteiger partial charge in [-0.2, -0.15) is 0 Å². The summed E-state index contributed by atoms with van der Waals surface area (Å²) in [5.74, 6) is 0.605. The topological polar surface area (TPSA) is 50.4 Å². The maximum atomic E-state index is 12.0. The first kappa shape index (κ1) is 14.9. The SMILES string of the molecule is COc1ccccc1NC(=O)Nc1ccc(Cl)cc1I. The number of urea groups is 1. The van der Waals surface area contributed by atoms with Gasteiger partial charge in [-0.3, -0.25) is 0 Å². The summed E-state index contributed by atoms with van der Waals surface area (Å²) in [5, 5.41) is 6.14. The van der Waals surface area contributed by atoms with E-state index in [4.69, 9.17) is 16.3 Å². The highest BCUT2D eigenvalue weighted by atomic mass is 127. The summed E-state index contributed by atoms with van der Waals surface area (Å²) >= 11 is 7.99. The summed E-state index contributed by atoms with van der Waals surface area (Å²) in [6, 6.07) is 12.1. The van der Waals surface area contributed by atoms with Gasteiger partial charge in [0.2, 0.25) is 0 Å². The van der Waals surface area contributed by atoms with Gasteiger partial charge in [0.25, 0.3) is 0 Å². The predicted molar refractivity (Wildman–Crippen MR) is 89.8 cm³/mol. The third kappa shape index (κ3) is 3.77. The van der Waals surface area contributed by atoms with Crippen LogP contribution in [-0.4, -0.2) is 13.1 Å². The molecule has 104 valence electrons. The molecule has 0 atom stereocenters. The van der Waals surface area contributed by atoms with E-state index >= 15 is 0 Å². The quantitative estimate of drug-likeness (QED) is 0.737. The van der Waals surface area contributed by atoms with E-state index in [-0.39, 0.29) is 6.03 Å². The zero-order valence-electron chi connectivity index (χ0n) is 10.6. The fourth-order valence-electron chi connectivity index (χ4n) is 1.61. The molecule has 0 radical (unpaired) electrons. The fourth-order valence-corrected chi connectivity index (χ4v) is 2.62. The van der Waals surface area contributed by atoms with Crippen molar-refractivity contribution in [3.8, 4) is 5.75 Å². The number of hydrogen-bond donors (Lipinski definition) is 2. The van der Waals surface area contributed by atoms with Gasteiger partial charge in [-0.25, -0.2) is 4.79 Å². The average Bonchev–Trinajstić information content (AvgIpc) is 2.42. The number of hydrogen-bond acceptors (Lipinski definition) is 2. The first-order chi connectivity index (χ1) is 9.60. The minimum atomic E-state index is -0.338. The minimum absolute atomic E-state index is 0.338. The van der Waals surface area contributed by atoms with Gasteiger partial charge in [-0.05, 0) is 52.9 Å². The monoisotopic (exact) mass is 402 g/mol. The highest BCUT2D eigenvalue weighted by Gasteiger charge is 2.08. The van der Waals surface area contributed by atoms with Crippen LogP contribution in [0.1, 0.15) is 0 Å². The number of methoxy groups -OCH3 is 1. The maximum Gasteiger partial charge on any atom is 0.323 e. The van der Waals surface area contributed by atoms with E-state index < -0.39 is 0 Å². The molecule has 0 aromatic heterocycles. The third-order valence-electron chi connectivity index (χ3n) is 2.53. The van der Waals surface area contributed by atoms with Crippen molar-refractivity contribution in [2.24, 2.45) is 0 Å². The van der Waals surface area contributed by atoms with Gasteiger partial charge in [-0.15, -0.1) is 0 Å². The van der Waals surface area contributed by atoms with Crippen molar-refractivity contribution in [1.29, 1.82) is 0 Å². The Labute approximate surface area is 135 Å². The highest BCUT2D eigenvalue weighted by Crippen LogP contribution is 2.25. The fraction of sp³-hybridized carbons (Fsp3) is 0.0714. The zero-order chi connectivity index (χ0) is 14.5. The van der Waals surface area contributed by atoms with Crippen LogP contribution < -0.4 is 15.4 Å². The van der Waals surface area contributed by atoms with Crippen molar-refractivity contribution >= 4 is 51.6 Å². The van der Waals surface area contributed by atoms with Crippen LogP contribution in [0.4, 0.5) is 16.2 Å². The van der Waals surface area contributed by atoms with Crippen LogP contribution in [0.15, 0.2) is 42.5 Å². The first-order valence-corrected chi connectivity index (χ1v) is 7.22. The standard InChI is InChI=1S/C14H12ClIN2O2/c1-20-13-5-3-2-4-12(13)18-14(19)17-11-7-6-9(15)8-10(11)16/h2-8H,1H3,(H2,17,18,19). The van der Waals surface area contributed by atoms with Crippen molar-refractivity contribution in [2.75, 3.05) is 17.7 Å². The number of ether oxygens (including phenoxy) is 1. The number of anilines is 2. The molecule has 2 rings (SSSR count). The summed E-state index contributed by atoms with van der Waals surface area (Å²) in [7, 11) is 1.56. The Morgan fingerprint density at radius 3 is 2.55 bits per heavy atom. The van der Waals surface area contributed by atoms with Crippen LogP contribution >= 0.6 is 34.2 Å². The Kier molecular flexibility index (Phi) is 5.08. The maximum absolute atomic E-state index is 12.0. The summed E-state index contributed by atoms with van der Waals surface area (Å²) in [5.41, 5.74) is 1.30. The lowest BCUT2D eigenvalue weighted by atomic mass is 10.3. The first-order valence-electron chi connectivity index (χ1n) is 5.76. The molecule has 20 heavy (non-hydrogen) atoms.